The highest BCUT2D eigenvalue weighted by molar-refractivity contribution is 7.89. The van der Waals surface area contributed by atoms with E-state index in [0.717, 1.165) is 35.4 Å². The van der Waals surface area contributed by atoms with Gasteiger partial charge in [0.2, 0.25) is 15.9 Å². The summed E-state index contributed by atoms with van der Waals surface area (Å²) in [4.78, 5) is 14.4. The molecule has 1 amide bonds. The van der Waals surface area contributed by atoms with E-state index in [1.54, 1.807) is 42.3 Å². The number of fused-ring (bicyclic) bond motifs is 1. The van der Waals surface area contributed by atoms with Gasteiger partial charge in [-0.1, -0.05) is 12.1 Å². The Bertz CT molecular complexity index is 998. The van der Waals surface area contributed by atoms with E-state index in [1.807, 2.05) is 19.1 Å². The molecule has 0 spiro atoms. The second-order valence-corrected chi connectivity index (χ2v) is 9.13. The molecule has 1 unspecified atom stereocenters. The minimum atomic E-state index is -3.67. The zero-order chi connectivity index (χ0) is 19.9. The van der Waals surface area contributed by atoms with Crippen LogP contribution in [0, 0.1) is 5.92 Å². The molecule has 1 aliphatic heterocycles. The van der Waals surface area contributed by atoms with Gasteiger partial charge >= 0.3 is 0 Å². The van der Waals surface area contributed by atoms with Crippen molar-refractivity contribution in [2.45, 2.75) is 37.1 Å². The highest BCUT2D eigenvalue weighted by atomic mass is 32.2. The van der Waals surface area contributed by atoms with Crippen LogP contribution in [0.25, 0.3) is 0 Å². The number of anilines is 1. The molecular weight excluding hydrogens is 376 g/mol. The average Bonchev–Trinajstić information content (AvgIpc) is 3.46. The number of nitrogens with zero attached hydrogens (tertiary/aromatic N) is 1. The minimum Gasteiger partial charge on any atom is -0.497 e. The van der Waals surface area contributed by atoms with E-state index in [2.05, 4.69) is 4.72 Å². The molecule has 28 heavy (non-hydrogen) atoms. The minimum absolute atomic E-state index is 0.154. The molecule has 7 heteroatoms. The van der Waals surface area contributed by atoms with Crippen LogP contribution in [0.1, 0.15) is 36.9 Å². The van der Waals surface area contributed by atoms with E-state index in [4.69, 9.17) is 4.74 Å². The summed E-state index contributed by atoms with van der Waals surface area (Å²) in [5.41, 5.74) is 2.61. The van der Waals surface area contributed by atoms with Crippen molar-refractivity contribution < 1.29 is 17.9 Å². The predicted octanol–water partition coefficient (Wildman–Crippen LogP) is 3.03. The molecule has 1 heterocycles. The molecule has 1 fully saturated rings. The zero-order valence-electron chi connectivity index (χ0n) is 16.0. The summed E-state index contributed by atoms with van der Waals surface area (Å²) in [6.45, 7) is 2.44. The lowest BCUT2D eigenvalue weighted by molar-refractivity contribution is -0.119. The molecule has 148 valence electrons. The highest BCUT2D eigenvalue weighted by Gasteiger charge is 2.36. The molecule has 1 aliphatic carbocycles. The smallest absolute Gasteiger partial charge is 0.241 e. The Balaban J connectivity index is 1.52. The number of amides is 1. The van der Waals surface area contributed by atoms with Crippen molar-refractivity contribution in [3.8, 4) is 5.75 Å². The quantitative estimate of drug-likeness (QED) is 0.809. The Morgan fingerprint density at radius 2 is 1.89 bits per heavy atom. The van der Waals surface area contributed by atoms with Crippen molar-refractivity contribution in [2.24, 2.45) is 5.92 Å². The number of hydrogen-bond acceptors (Lipinski definition) is 4. The second kappa shape index (κ2) is 7.22. The molecule has 1 atom stereocenters. The zero-order valence-corrected chi connectivity index (χ0v) is 16.8. The fourth-order valence-electron chi connectivity index (χ4n) is 3.59. The number of ether oxygens (including phenoxy) is 1. The lowest BCUT2D eigenvalue weighted by Crippen LogP contribution is -2.30. The van der Waals surface area contributed by atoms with Crippen LogP contribution in [0.15, 0.2) is 47.4 Å². The Labute approximate surface area is 165 Å². The molecule has 4 rings (SSSR count). The van der Waals surface area contributed by atoms with Crippen molar-refractivity contribution >= 4 is 21.6 Å². The number of benzene rings is 2. The summed E-state index contributed by atoms with van der Waals surface area (Å²) >= 11 is 0. The van der Waals surface area contributed by atoms with Gasteiger partial charge < -0.3 is 9.64 Å². The van der Waals surface area contributed by atoms with E-state index < -0.39 is 10.0 Å². The second-order valence-electron chi connectivity index (χ2n) is 7.42. The van der Waals surface area contributed by atoms with Crippen molar-refractivity contribution in [3.05, 3.63) is 53.6 Å². The summed E-state index contributed by atoms with van der Waals surface area (Å²) < 4.78 is 33.6. The third-order valence-electron chi connectivity index (χ3n) is 5.40. The summed E-state index contributed by atoms with van der Waals surface area (Å²) in [5.74, 6) is 1.05. The first-order valence-electron chi connectivity index (χ1n) is 9.49. The van der Waals surface area contributed by atoms with Gasteiger partial charge in [0, 0.05) is 24.2 Å². The molecule has 0 radical (unpaired) electrons. The van der Waals surface area contributed by atoms with E-state index in [1.165, 1.54) is 0 Å². The van der Waals surface area contributed by atoms with Gasteiger partial charge in [0.25, 0.3) is 0 Å². The molecule has 2 aliphatic rings. The van der Waals surface area contributed by atoms with E-state index in [-0.39, 0.29) is 22.8 Å². The summed E-state index contributed by atoms with van der Waals surface area (Å²) in [7, 11) is -2.08. The topological polar surface area (TPSA) is 75.7 Å². The van der Waals surface area contributed by atoms with Crippen LogP contribution >= 0.6 is 0 Å². The fourth-order valence-corrected chi connectivity index (χ4v) is 4.87. The third-order valence-corrected chi connectivity index (χ3v) is 6.94. The Morgan fingerprint density at radius 3 is 2.54 bits per heavy atom. The number of hydrogen-bond donors (Lipinski definition) is 1. The van der Waals surface area contributed by atoms with Crippen LogP contribution in [-0.2, 0) is 21.2 Å². The standard InChI is InChI=1S/C21H24N2O4S/c1-14(15-5-7-18(27-2)8-6-15)22-28(25,26)19-9-10-20-17(13-19)11-12-23(20)21(24)16-3-4-16/h5-10,13-14,16,22H,3-4,11-12H2,1-2H3. The van der Waals surface area contributed by atoms with Crippen LogP contribution < -0.4 is 14.4 Å². The van der Waals surface area contributed by atoms with Crippen LogP contribution in [0.5, 0.6) is 5.75 Å². The number of carbonyl (C=O) groups excluding carboxylic acids is 1. The van der Waals surface area contributed by atoms with E-state index in [0.29, 0.717) is 13.0 Å². The lowest BCUT2D eigenvalue weighted by atomic mass is 10.1. The largest absolute Gasteiger partial charge is 0.497 e. The number of sulfonamides is 1. The first-order chi connectivity index (χ1) is 13.4. The van der Waals surface area contributed by atoms with Crippen LogP contribution in [0.3, 0.4) is 0 Å². The van der Waals surface area contributed by atoms with Crippen molar-refractivity contribution in [2.75, 3.05) is 18.6 Å². The summed E-state index contributed by atoms with van der Waals surface area (Å²) in [5, 5.41) is 0. The number of carbonyl (C=O) groups is 1. The molecular formula is C21H24N2O4S. The van der Waals surface area contributed by atoms with Crippen molar-refractivity contribution in [1.29, 1.82) is 0 Å². The van der Waals surface area contributed by atoms with Gasteiger partial charge in [0.05, 0.1) is 12.0 Å². The maximum atomic E-state index is 12.9. The number of nitrogens with one attached hydrogen (secondary N) is 1. The normalized spacial score (nSPS) is 17.3. The third kappa shape index (κ3) is 3.64. The lowest BCUT2D eigenvalue weighted by Gasteiger charge is -2.18. The highest BCUT2D eigenvalue weighted by Crippen LogP contribution is 2.37. The summed E-state index contributed by atoms with van der Waals surface area (Å²) in [6, 6.07) is 12.0. The monoisotopic (exact) mass is 400 g/mol. The first kappa shape index (κ1) is 19.0. The Hall–Kier alpha value is -2.38. The average molecular weight is 401 g/mol. The maximum absolute atomic E-state index is 12.9. The van der Waals surface area contributed by atoms with Crippen LogP contribution in [0.2, 0.25) is 0 Å². The van der Waals surface area contributed by atoms with Crippen LogP contribution in [-0.4, -0.2) is 28.0 Å². The first-order valence-corrected chi connectivity index (χ1v) is 11.0. The Kier molecular flexibility index (Phi) is 4.89. The van der Waals surface area contributed by atoms with Crippen molar-refractivity contribution in [3.63, 3.8) is 0 Å². The van der Waals surface area contributed by atoms with Gasteiger partial charge in [-0.2, -0.15) is 0 Å². The molecule has 6 nitrogen and oxygen atoms in total. The molecule has 2 aromatic rings. The molecule has 0 bridgehead atoms. The number of methoxy groups -OCH3 is 1. The van der Waals surface area contributed by atoms with Crippen molar-refractivity contribution in [1.82, 2.24) is 4.72 Å². The van der Waals surface area contributed by atoms with Gasteiger partial charge in [-0.25, -0.2) is 13.1 Å². The number of rotatable bonds is 6. The van der Waals surface area contributed by atoms with Gasteiger partial charge in [-0.15, -0.1) is 0 Å². The van der Waals surface area contributed by atoms with E-state index in [9.17, 15) is 13.2 Å². The van der Waals surface area contributed by atoms with E-state index >= 15 is 0 Å². The van der Waals surface area contributed by atoms with Gasteiger partial charge in [0.15, 0.2) is 0 Å². The molecule has 2 aromatic carbocycles. The van der Waals surface area contributed by atoms with Gasteiger partial charge in [0.1, 0.15) is 5.75 Å². The Morgan fingerprint density at radius 1 is 1.18 bits per heavy atom. The molecule has 0 saturated heterocycles. The molecule has 0 aromatic heterocycles. The predicted molar refractivity (Wildman–Crippen MR) is 107 cm³/mol. The summed E-state index contributed by atoms with van der Waals surface area (Å²) in [6.07, 6.45) is 2.61. The SMILES string of the molecule is COc1ccc(C(C)NS(=O)(=O)c2ccc3c(c2)CCN3C(=O)C2CC2)cc1. The van der Waals surface area contributed by atoms with Gasteiger partial charge in [-0.05, 0) is 67.6 Å². The molecule has 1 N–H and O–H groups in total. The van der Waals surface area contributed by atoms with Gasteiger partial charge in [-0.3, -0.25) is 4.79 Å². The van der Waals surface area contributed by atoms with Crippen LogP contribution in [0.4, 0.5) is 5.69 Å². The molecule has 1 saturated carbocycles. The maximum Gasteiger partial charge on any atom is 0.241 e. The fraction of sp³-hybridized carbons (Fsp3) is 0.381.